The van der Waals surface area contributed by atoms with Crippen LogP contribution in [0.4, 0.5) is 10.2 Å². The van der Waals surface area contributed by atoms with Crippen LogP contribution in [0.5, 0.6) is 11.5 Å². The van der Waals surface area contributed by atoms with Crippen LogP contribution in [0.1, 0.15) is 12.8 Å². The average Bonchev–Trinajstić information content (AvgIpc) is 2.83. The molecule has 3 aromatic rings. The number of benzene rings is 1. The van der Waals surface area contributed by atoms with E-state index in [1.54, 1.807) is 16.8 Å². The first-order valence-electron chi connectivity index (χ1n) is 10.9. The van der Waals surface area contributed by atoms with Crippen LogP contribution < -0.4 is 19.9 Å². The normalized spacial score (nSPS) is 16.4. The third-order valence-electron chi connectivity index (χ3n) is 6.33. The van der Waals surface area contributed by atoms with Crippen LogP contribution in [0.25, 0.3) is 11.0 Å². The van der Waals surface area contributed by atoms with E-state index in [4.69, 9.17) is 9.47 Å². The molecule has 5 rings (SSSR count). The van der Waals surface area contributed by atoms with Gasteiger partial charge in [-0.2, -0.15) is 0 Å². The van der Waals surface area contributed by atoms with Gasteiger partial charge in [0, 0.05) is 45.3 Å². The second-order valence-electron chi connectivity index (χ2n) is 8.25. The van der Waals surface area contributed by atoms with Crippen molar-refractivity contribution < 1.29 is 13.9 Å². The molecule has 1 saturated heterocycles. The second-order valence-corrected chi connectivity index (χ2v) is 8.25. The Morgan fingerprint density at radius 3 is 2.61 bits per heavy atom. The van der Waals surface area contributed by atoms with Crippen molar-refractivity contribution in [3.8, 4) is 11.5 Å². The van der Waals surface area contributed by atoms with Crippen molar-refractivity contribution in [3.05, 3.63) is 52.8 Å². The van der Waals surface area contributed by atoms with Crippen LogP contribution in [0.15, 0.2) is 41.5 Å². The van der Waals surface area contributed by atoms with E-state index in [9.17, 15) is 9.18 Å². The van der Waals surface area contributed by atoms with Gasteiger partial charge in [-0.3, -0.25) is 4.79 Å². The molecule has 33 heavy (non-hydrogen) atoms. The molecule has 0 unspecified atom stereocenters. The van der Waals surface area contributed by atoms with E-state index in [1.807, 2.05) is 6.07 Å². The molecule has 2 aliphatic heterocycles. The number of pyridine rings is 1. The molecule has 1 aromatic carbocycles. The van der Waals surface area contributed by atoms with Gasteiger partial charge in [0.15, 0.2) is 11.5 Å². The third-order valence-corrected chi connectivity index (χ3v) is 6.33. The number of anilines is 1. The zero-order chi connectivity index (χ0) is 22.1. The van der Waals surface area contributed by atoms with Crippen LogP contribution in [-0.4, -0.2) is 65.4 Å². The number of aromatic nitrogens is 3. The summed E-state index contributed by atoms with van der Waals surface area (Å²) < 4.78 is 26.6. The number of fused-ring (bicyclic) bond motifs is 2. The van der Waals surface area contributed by atoms with Crippen molar-refractivity contribution in [1.82, 2.24) is 19.4 Å². The van der Waals surface area contributed by atoms with Crippen molar-refractivity contribution in [1.29, 1.82) is 0 Å². The number of likely N-dealkylation sites (tertiary alicyclic amines) is 1. The highest BCUT2D eigenvalue weighted by Gasteiger charge is 2.24. The highest BCUT2D eigenvalue weighted by molar-refractivity contribution is 5.85. The molecule has 1 fully saturated rings. The Morgan fingerprint density at radius 1 is 1.06 bits per heavy atom. The first-order chi connectivity index (χ1) is 15.6. The van der Waals surface area contributed by atoms with Crippen molar-refractivity contribution in [2.45, 2.75) is 25.4 Å². The van der Waals surface area contributed by atoms with Gasteiger partial charge in [0.2, 0.25) is 0 Å². The molecule has 0 spiro atoms. The molecular formula is C23H27ClFN5O3. The topological polar surface area (TPSA) is 72.7 Å². The van der Waals surface area contributed by atoms with Crippen molar-refractivity contribution in [2.75, 3.05) is 44.8 Å². The number of halogens is 2. The maximum absolute atomic E-state index is 13.7. The minimum absolute atomic E-state index is 0. The average molecular weight is 476 g/mol. The number of nitrogens with zero attached hydrogens (tertiary/aromatic N) is 5. The van der Waals surface area contributed by atoms with Crippen LogP contribution in [0.2, 0.25) is 0 Å². The summed E-state index contributed by atoms with van der Waals surface area (Å²) in [5.41, 5.74) is 0.956. The van der Waals surface area contributed by atoms with Crippen LogP contribution in [0.3, 0.4) is 0 Å². The smallest absolute Gasteiger partial charge is 0.269 e. The summed E-state index contributed by atoms with van der Waals surface area (Å²) in [6, 6.07) is 6.67. The molecule has 2 aromatic heterocycles. The molecular weight excluding hydrogens is 449 g/mol. The molecule has 0 atom stereocenters. The summed E-state index contributed by atoms with van der Waals surface area (Å²) in [4.78, 5) is 25.6. The standard InChI is InChI=1S/C23H26FN5O3.ClH/c1-27(22-13-20-21(14-26-22)32-11-10-31-20)17-4-6-28(7-5-17)8-9-29-19-12-16(24)2-3-18(19)25-15-23(29)30;/h2-3,12-15,17H,4-11H2,1H3;1H. The van der Waals surface area contributed by atoms with Crippen LogP contribution in [0, 0.1) is 5.82 Å². The van der Waals surface area contributed by atoms with Gasteiger partial charge in [0.05, 0.1) is 23.4 Å². The fourth-order valence-electron chi connectivity index (χ4n) is 4.46. The largest absolute Gasteiger partial charge is 0.486 e. The Bertz CT molecular complexity index is 1180. The zero-order valence-electron chi connectivity index (χ0n) is 18.4. The molecule has 176 valence electrons. The summed E-state index contributed by atoms with van der Waals surface area (Å²) >= 11 is 0. The number of rotatable bonds is 5. The van der Waals surface area contributed by atoms with Crippen LogP contribution in [-0.2, 0) is 6.54 Å². The van der Waals surface area contributed by atoms with E-state index in [2.05, 4.69) is 26.8 Å². The Kier molecular flexibility index (Phi) is 6.99. The summed E-state index contributed by atoms with van der Waals surface area (Å²) in [6.07, 6.45) is 5.03. The van der Waals surface area contributed by atoms with E-state index in [0.717, 1.165) is 44.0 Å². The SMILES string of the molecule is CN(c1cc2c(cn1)OCCO2)C1CCN(CCn2c(=O)cnc3ccc(F)cc32)CC1.Cl. The van der Waals surface area contributed by atoms with Gasteiger partial charge in [-0.25, -0.2) is 14.4 Å². The lowest BCUT2D eigenvalue weighted by atomic mass is 10.0. The molecule has 0 saturated carbocycles. The maximum Gasteiger partial charge on any atom is 0.269 e. The Hall–Kier alpha value is -2.91. The predicted octanol–water partition coefficient (Wildman–Crippen LogP) is 2.72. The molecule has 4 heterocycles. The number of hydrogen-bond donors (Lipinski definition) is 0. The van der Waals surface area contributed by atoms with Gasteiger partial charge in [0.25, 0.3) is 5.56 Å². The lowest BCUT2D eigenvalue weighted by Crippen LogP contribution is -2.45. The zero-order valence-corrected chi connectivity index (χ0v) is 19.3. The van der Waals surface area contributed by atoms with Gasteiger partial charge in [-0.1, -0.05) is 0 Å². The minimum Gasteiger partial charge on any atom is -0.486 e. The van der Waals surface area contributed by atoms with E-state index < -0.39 is 0 Å². The van der Waals surface area contributed by atoms with Crippen molar-refractivity contribution in [3.63, 3.8) is 0 Å². The summed E-state index contributed by atoms with van der Waals surface area (Å²) in [5.74, 6) is 1.96. The highest BCUT2D eigenvalue weighted by Crippen LogP contribution is 2.33. The summed E-state index contributed by atoms with van der Waals surface area (Å²) in [7, 11) is 2.07. The fraction of sp³-hybridized carbons (Fsp3) is 0.435. The summed E-state index contributed by atoms with van der Waals surface area (Å²) in [6.45, 7) is 4.19. The van der Waals surface area contributed by atoms with E-state index in [-0.39, 0.29) is 23.8 Å². The van der Waals surface area contributed by atoms with E-state index >= 15 is 0 Å². The quantitative estimate of drug-likeness (QED) is 0.561. The molecule has 2 aliphatic rings. The molecule has 0 N–H and O–H groups in total. The Balaban J connectivity index is 0.00000259. The lowest BCUT2D eigenvalue weighted by Gasteiger charge is -2.37. The van der Waals surface area contributed by atoms with Gasteiger partial charge in [0.1, 0.15) is 24.8 Å². The van der Waals surface area contributed by atoms with Gasteiger partial charge in [-0.05, 0) is 31.0 Å². The first kappa shape index (κ1) is 23.3. The monoisotopic (exact) mass is 475 g/mol. The number of hydrogen-bond acceptors (Lipinski definition) is 7. The maximum atomic E-state index is 13.7. The van der Waals surface area contributed by atoms with E-state index in [0.29, 0.717) is 42.6 Å². The highest BCUT2D eigenvalue weighted by atomic mass is 35.5. The minimum atomic E-state index is -0.366. The molecule has 8 nitrogen and oxygen atoms in total. The van der Waals surface area contributed by atoms with Gasteiger partial charge in [-0.15, -0.1) is 12.4 Å². The molecule has 0 aliphatic carbocycles. The Labute approximate surface area is 197 Å². The van der Waals surface area contributed by atoms with Crippen molar-refractivity contribution >= 4 is 29.3 Å². The summed E-state index contributed by atoms with van der Waals surface area (Å²) in [5, 5.41) is 0. The molecule has 0 bridgehead atoms. The molecule has 0 radical (unpaired) electrons. The number of piperidine rings is 1. The molecule has 0 amide bonds. The number of ether oxygens (including phenoxy) is 2. The lowest BCUT2D eigenvalue weighted by molar-refractivity contribution is 0.170. The van der Waals surface area contributed by atoms with Crippen LogP contribution >= 0.6 is 12.4 Å². The Morgan fingerprint density at radius 2 is 1.82 bits per heavy atom. The van der Waals surface area contributed by atoms with Gasteiger partial charge < -0.3 is 23.8 Å². The van der Waals surface area contributed by atoms with Gasteiger partial charge >= 0.3 is 0 Å². The first-order valence-corrected chi connectivity index (χ1v) is 10.9. The third kappa shape index (κ3) is 4.89. The van der Waals surface area contributed by atoms with Crippen molar-refractivity contribution in [2.24, 2.45) is 0 Å². The van der Waals surface area contributed by atoms with E-state index in [1.165, 1.54) is 18.3 Å². The predicted molar refractivity (Wildman–Crippen MR) is 126 cm³/mol. The second kappa shape index (κ2) is 9.93. The molecule has 10 heteroatoms. The fourth-order valence-corrected chi connectivity index (χ4v) is 4.46.